The third-order valence-electron chi connectivity index (χ3n) is 5.46. The normalized spacial score (nSPS) is 15.2. The van der Waals surface area contributed by atoms with Crippen LogP contribution in [0.15, 0.2) is 53.5 Å². The highest BCUT2D eigenvalue weighted by atomic mass is 127. The molecule has 0 unspecified atom stereocenters. The van der Waals surface area contributed by atoms with Crippen molar-refractivity contribution in [1.82, 2.24) is 15.5 Å². The van der Waals surface area contributed by atoms with Crippen molar-refractivity contribution >= 4 is 29.9 Å². The van der Waals surface area contributed by atoms with Gasteiger partial charge in [0.1, 0.15) is 11.6 Å². The second-order valence-corrected chi connectivity index (χ2v) is 7.68. The van der Waals surface area contributed by atoms with Crippen LogP contribution in [0.1, 0.15) is 24.0 Å². The van der Waals surface area contributed by atoms with Crippen LogP contribution < -0.4 is 15.4 Å². The van der Waals surface area contributed by atoms with Gasteiger partial charge in [0.05, 0.1) is 20.3 Å². The maximum Gasteiger partial charge on any atom is 0.191 e. The molecule has 0 atom stereocenters. The predicted octanol–water partition coefficient (Wildman–Crippen LogP) is 3.80. The number of nitrogens with zero attached hydrogens (tertiary/aromatic N) is 2. The average Bonchev–Trinajstić information content (AvgIpc) is 2.81. The molecule has 8 heteroatoms. The van der Waals surface area contributed by atoms with Crippen LogP contribution in [0.2, 0.25) is 0 Å². The van der Waals surface area contributed by atoms with Crippen LogP contribution in [0.3, 0.4) is 0 Å². The number of guanidine groups is 1. The number of nitrogens with one attached hydrogen (secondary N) is 2. The fourth-order valence-electron chi connectivity index (χ4n) is 3.72. The highest BCUT2D eigenvalue weighted by Gasteiger charge is 2.20. The van der Waals surface area contributed by atoms with Crippen molar-refractivity contribution in [2.45, 2.75) is 32.0 Å². The van der Waals surface area contributed by atoms with Crippen LogP contribution in [0.4, 0.5) is 4.39 Å². The van der Waals surface area contributed by atoms with Crippen LogP contribution in [-0.4, -0.2) is 57.3 Å². The Labute approximate surface area is 207 Å². The highest BCUT2D eigenvalue weighted by Crippen LogP contribution is 2.18. The summed E-state index contributed by atoms with van der Waals surface area (Å²) in [6.45, 7) is 4.66. The molecule has 0 amide bonds. The molecule has 0 aliphatic carbocycles. The van der Waals surface area contributed by atoms with E-state index in [0.717, 1.165) is 55.3 Å². The summed E-state index contributed by atoms with van der Waals surface area (Å²) < 4.78 is 24.2. The van der Waals surface area contributed by atoms with Crippen molar-refractivity contribution in [2.24, 2.45) is 4.99 Å². The van der Waals surface area contributed by atoms with Crippen molar-refractivity contribution in [1.29, 1.82) is 0 Å². The minimum Gasteiger partial charge on any atom is -0.496 e. The molecule has 1 saturated heterocycles. The largest absolute Gasteiger partial charge is 0.496 e. The fraction of sp³-hybridized carbons (Fsp3) is 0.458. The van der Waals surface area contributed by atoms with Crippen LogP contribution in [-0.2, 0) is 17.9 Å². The lowest BCUT2D eigenvalue weighted by atomic mass is 10.0. The Morgan fingerprint density at radius 3 is 2.53 bits per heavy atom. The van der Waals surface area contributed by atoms with Crippen molar-refractivity contribution in [3.8, 4) is 5.75 Å². The zero-order valence-electron chi connectivity index (χ0n) is 18.9. The predicted molar refractivity (Wildman–Crippen MR) is 137 cm³/mol. The summed E-state index contributed by atoms with van der Waals surface area (Å²) in [6, 6.07) is 15.1. The van der Waals surface area contributed by atoms with Gasteiger partial charge in [-0.05, 0) is 36.6 Å². The summed E-state index contributed by atoms with van der Waals surface area (Å²) in [5.74, 6) is 1.47. The minimum atomic E-state index is -0.185. The van der Waals surface area contributed by atoms with E-state index in [1.165, 1.54) is 12.1 Å². The third-order valence-corrected chi connectivity index (χ3v) is 5.46. The molecule has 0 spiro atoms. The second-order valence-electron chi connectivity index (χ2n) is 7.68. The SMILES string of the molecule is CN=C(NCCOCc1ccccc1OC)NC1CCN(Cc2ccc(F)cc2)CC1.I. The molecule has 3 rings (SSSR count). The molecular weight excluding hydrogens is 522 g/mol. The number of aliphatic imine (C=N–C) groups is 1. The van der Waals surface area contributed by atoms with E-state index in [4.69, 9.17) is 9.47 Å². The Morgan fingerprint density at radius 1 is 1.12 bits per heavy atom. The topological polar surface area (TPSA) is 58.1 Å². The summed E-state index contributed by atoms with van der Waals surface area (Å²) in [5.41, 5.74) is 2.19. The van der Waals surface area contributed by atoms with Crippen LogP contribution in [0.5, 0.6) is 5.75 Å². The van der Waals surface area contributed by atoms with E-state index in [1.54, 1.807) is 14.2 Å². The number of hydrogen-bond donors (Lipinski definition) is 2. The van der Waals surface area contributed by atoms with Crippen molar-refractivity contribution in [2.75, 3.05) is 40.4 Å². The van der Waals surface area contributed by atoms with E-state index in [2.05, 4.69) is 20.5 Å². The van der Waals surface area contributed by atoms with Gasteiger partial charge in [-0.3, -0.25) is 9.89 Å². The van der Waals surface area contributed by atoms with Gasteiger partial charge in [-0.2, -0.15) is 0 Å². The van der Waals surface area contributed by atoms with Crippen LogP contribution >= 0.6 is 24.0 Å². The van der Waals surface area contributed by atoms with Gasteiger partial charge in [-0.25, -0.2) is 4.39 Å². The van der Waals surface area contributed by atoms with Gasteiger partial charge in [0.25, 0.3) is 0 Å². The molecule has 1 aliphatic heterocycles. The van der Waals surface area contributed by atoms with Crippen LogP contribution in [0, 0.1) is 5.82 Å². The average molecular weight is 556 g/mol. The molecule has 32 heavy (non-hydrogen) atoms. The summed E-state index contributed by atoms with van der Waals surface area (Å²) in [4.78, 5) is 6.74. The Hall–Kier alpha value is -1.91. The molecule has 0 bridgehead atoms. The molecular formula is C24H34FIN4O2. The molecule has 2 aromatic carbocycles. The highest BCUT2D eigenvalue weighted by molar-refractivity contribution is 14.0. The minimum absolute atomic E-state index is 0. The number of benzene rings is 2. The number of rotatable bonds is 9. The third kappa shape index (κ3) is 8.55. The van der Waals surface area contributed by atoms with Gasteiger partial charge in [0, 0.05) is 44.8 Å². The van der Waals surface area contributed by atoms with Gasteiger partial charge in [0.15, 0.2) is 5.96 Å². The lowest BCUT2D eigenvalue weighted by Crippen LogP contribution is -2.49. The molecule has 0 aromatic heterocycles. The van der Waals surface area contributed by atoms with Crippen molar-refractivity contribution in [3.63, 3.8) is 0 Å². The van der Waals surface area contributed by atoms with E-state index >= 15 is 0 Å². The Bertz CT molecular complexity index is 827. The number of methoxy groups -OCH3 is 1. The first-order chi connectivity index (χ1) is 15.2. The molecule has 1 fully saturated rings. The molecule has 2 aromatic rings. The first-order valence-corrected chi connectivity index (χ1v) is 10.8. The van der Waals surface area contributed by atoms with E-state index < -0.39 is 0 Å². The molecule has 1 aliphatic rings. The lowest BCUT2D eigenvalue weighted by molar-refractivity contribution is 0.123. The monoisotopic (exact) mass is 556 g/mol. The smallest absolute Gasteiger partial charge is 0.191 e. The molecule has 0 radical (unpaired) electrons. The molecule has 2 N–H and O–H groups in total. The molecule has 176 valence electrons. The van der Waals surface area contributed by atoms with E-state index in [-0.39, 0.29) is 29.8 Å². The van der Waals surface area contributed by atoms with Gasteiger partial charge in [-0.1, -0.05) is 30.3 Å². The van der Waals surface area contributed by atoms with Crippen molar-refractivity contribution in [3.05, 3.63) is 65.5 Å². The number of para-hydroxylation sites is 1. The maximum absolute atomic E-state index is 13.1. The maximum atomic E-state index is 13.1. The zero-order valence-corrected chi connectivity index (χ0v) is 21.2. The number of likely N-dealkylation sites (tertiary alicyclic amines) is 1. The quantitative estimate of drug-likeness (QED) is 0.213. The van der Waals surface area contributed by atoms with Crippen LogP contribution in [0.25, 0.3) is 0 Å². The Morgan fingerprint density at radius 2 is 1.84 bits per heavy atom. The summed E-state index contributed by atoms with van der Waals surface area (Å²) >= 11 is 0. The van der Waals surface area contributed by atoms with E-state index in [9.17, 15) is 4.39 Å². The summed E-state index contributed by atoms with van der Waals surface area (Å²) in [5, 5.41) is 6.83. The van der Waals surface area contributed by atoms with Gasteiger partial charge < -0.3 is 20.1 Å². The van der Waals surface area contributed by atoms with Gasteiger partial charge in [0.2, 0.25) is 0 Å². The number of ether oxygens (including phenoxy) is 2. The number of halogens is 2. The summed E-state index contributed by atoms with van der Waals surface area (Å²) in [7, 11) is 3.46. The van der Waals surface area contributed by atoms with Gasteiger partial charge >= 0.3 is 0 Å². The van der Waals surface area contributed by atoms with E-state index in [0.29, 0.717) is 25.8 Å². The number of hydrogen-bond acceptors (Lipinski definition) is 4. The molecule has 6 nitrogen and oxygen atoms in total. The Balaban J connectivity index is 0.00000363. The molecule has 1 heterocycles. The van der Waals surface area contributed by atoms with Crippen molar-refractivity contribution < 1.29 is 13.9 Å². The summed E-state index contributed by atoms with van der Waals surface area (Å²) in [6.07, 6.45) is 2.10. The van der Waals surface area contributed by atoms with Gasteiger partial charge in [-0.15, -0.1) is 24.0 Å². The number of piperidine rings is 1. The second kappa shape index (κ2) is 14.3. The first-order valence-electron chi connectivity index (χ1n) is 10.8. The van der Waals surface area contributed by atoms with E-state index in [1.807, 2.05) is 36.4 Å². The standard InChI is InChI=1S/C24H33FN4O2.HI/c1-26-24(27-13-16-31-18-20-5-3-4-6-23(20)30-2)28-22-11-14-29(15-12-22)17-19-7-9-21(25)10-8-19;/h3-10,22H,11-18H2,1-2H3,(H2,26,27,28);1H. The Kier molecular flexibility index (Phi) is 11.8. The first kappa shape index (κ1) is 26.3. The fourth-order valence-corrected chi connectivity index (χ4v) is 3.72. The lowest BCUT2D eigenvalue weighted by Gasteiger charge is -2.33. The molecule has 0 saturated carbocycles. The zero-order chi connectivity index (χ0) is 21.9.